The Morgan fingerprint density at radius 2 is 1.73 bits per heavy atom. The Hall–Kier alpha value is -1.56. The third kappa shape index (κ3) is 9.07. The van der Waals surface area contributed by atoms with Gasteiger partial charge in [0.2, 0.25) is 0 Å². The van der Waals surface area contributed by atoms with Crippen LogP contribution in [0.15, 0.2) is 35.3 Å². The highest BCUT2D eigenvalue weighted by molar-refractivity contribution is 14.0. The second kappa shape index (κ2) is 13.7. The molecule has 1 aliphatic rings. The van der Waals surface area contributed by atoms with E-state index in [0.29, 0.717) is 45.8 Å². The van der Waals surface area contributed by atoms with Crippen molar-refractivity contribution in [2.75, 3.05) is 51.6 Å². The number of rotatable bonds is 8. The maximum absolute atomic E-state index is 12.3. The van der Waals surface area contributed by atoms with Crippen molar-refractivity contribution in [3.63, 3.8) is 0 Å². The van der Waals surface area contributed by atoms with Gasteiger partial charge in [-0.2, -0.15) is 0 Å². The minimum absolute atomic E-state index is 0. The van der Waals surface area contributed by atoms with Gasteiger partial charge in [0.25, 0.3) is 0 Å². The normalized spacial score (nSPS) is 14.8. The van der Waals surface area contributed by atoms with Gasteiger partial charge in [-0.15, -0.1) is 24.0 Å². The van der Waals surface area contributed by atoms with Crippen LogP contribution in [0.3, 0.4) is 0 Å². The summed E-state index contributed by atoms with van der Waals surface area (Å²) in [6.45, 7) is 7.81. The Bertz CT molecular complexity index is 766. The van der Waals surface area contributed by atoms with Gasteiger partial charge in [0.15, 0.2) is 15.8 Å². The molecule has 1 saturated heterocycles. The first kappa shape index (κ1) is 26.5. The number of guanidine groups is 1. The average Bonchev–Trinajstić information content (AvgIpc) is 2.71. The van der Waals surface area contributed by atoms with Crippen molar-refractivity contribution in [2.24, 2.45) is 4.99 Å². The average molecular weight is 552 g/mol. The van der Waals surface area contributed by atoms with E-state index in [9.17, 15) is 13.2 Å². The molecule has 1 heterocycles. The molecule has 0 saturated carbocycles. The summed E-state index contributed by atoms with van der Waals surface area (Å²) >= 11 is 0. The number of benzene rings is 1. The summed E-state index contributed by atoms with van der Waals surface area (Å²) < 4.78 is 29.6. The van der Waals surface area contributed by atoms with Gasteiger partial charge in [0.05, 0.1) is 18.1 Å². The Labute approximate surface area is 197 Å². The van der Waals surface area contributed by atoms with Crippen LogP contribution >= 0.6 is 24.0 Å². The Morgan fingerprint density at radius 3 is 2.33 bits per heavy atom. The number of carbonyl (C=O) groups excluding carboxylic acids is 1. The van der Waals surface area contributed by atoms with Crippen LogP contribution < -0.4 is 5.32 Å². The SMILES string of the molecule is CCNC(=NCCCS(=O)(=O)Cc1ccccc1)N1CCN(C(=O)OCC)CC1.I. The molecule has 170 valence electrons. The van der Waals surface area contributed by atoms with E-state index in [4.69, 9.17) is 4.74 Å². The van der Waals surface area contributed by atoms with E-state index in [0.717, 1.165) is 18.1 Å². The lowest BCUT2D eigenvalue weighted by atomic mass is 10.2. The predicted molar refractivity (Wildman–Crippen MR) is 130 cm³/mol. The molecule has 1 aromatic carbocycles. The summed E-state index contributed by atoms with van der Waals surface area (Å²) in [6.07, 6.45) is 0.199. The number of nitrogens with zero attached hydrogens (tertiary/aromatic N) is 3. The predicted octanol–water partition coefficient (Wildman–Crippen LogP) is 2.35. The molecule has 1 aliphatic heterocycles. The van der Waals surface area contributed by atoms with Crippen LogP contribution in [-0.2, 0) is 20.3 Å². The van der Waals surface area contributed by atoms with Gasteiger partial charge in [-0.1, -0.05) is 30.3 Å². The quantitative estimate of drug-likeness (QED) is 0.231. The zero-order chi connectivity index (χ0) is 21.1. The zero-order valence-corrected chi connectivity index (χ0v) is 20.9. The van der Waals surface area contributed by atoms with Crippen LogP contribution in [0, 0.1) is 0 Å². The highest BCUT2D eigenvalue weighted by atomic mass is 127. The summed E-state index contributed by atoms with van der Waals surface area (Å²) in [5, 5.41) is 3.25. The molecule has 0 radical (unpaired) electrons. The molecule has 1 N–H and O–H groups in total. The minimum atomic E-state index is -3.15. The number of carbonyl (C=O) groups is 1. The molecule has 0 spiro atoms. The van der Waals surface area contributed by atoms with Crippen LogP contribution in [0.25, 0.3) is 0 Å². The zero-order valence-electron chi connectivity index (χ0n) is 17.7. The number of nitrogens with one attached hydrogen (secondary N) is 1. The monoisotopic (exact) mass is 552 g/mol. The van der Waals surface area contributed by atoms with E-state index in [2.05, 4.69) is 15.2 Å². The molecule has 30 heavy (non-hydrogen) atoms. The molecule has 10 heteroatoms. The molecule has 1 amide bonds. The molecule has 0 aromatic heterocycles. The third-order valence-electron chi connectivity index (χ3n) is 4.54. The third-order valence-corrected chi connectivity index (χ3v) is 6.23. The first-order chi connectivity index (χ1) is 13.9. The van der Waals surface area contributed by atoms with Gasteiger partial charge < -0.3 is 19.9 Å². The number of aliphatic imine (C=N–C) groups is 1. The van der Waals surface area contributed by atoms with Crippen LogP contribution in [-0.4, -0.2) is 81.9 Å². The molecule has 8 nitrogen and oxygen atoms in total. The second-order valence-electron chi connectivity index (χ2n) is 6.84. The van der Waals surface area contributed by atoms with Crippen molar-refractivity contribution >= 4 is 45.9 Å². The number of hydrogen-bond acceptors (Lipinski definition) is 5. The lowest BCUT2D eigenvalue weighted by molar-refractivity contribution is 0.0914. The van der Waals surface area contributed by atoms with E-state index in [1.165, 1.54) is 0 Å². The molecule has 0 bridgehead atoms. The second-order valence-corrected chi connectivity index (χ2v) is 9.02. The fourth-order valence-electron chi connectivity index (χ4n) is 3.11. The topological polar surface area (TPSA) is 91.3 Å². The highest BCUT2D eigenvalue weighted by Crippen LogP contribution is 2.08. The number of piperazine rings is 1. The van der Waals surface area contributed by atoms with Crippen molar-refractivity contribution in [3.8, 4) is 0 Å². The standard InChI is InChI=1S/C20H32N4O4S.HI/c1-3-21-19(23-12-14-24(15-13-23)20(25)28-4-2)22-11-8-16-29(26,27)17-18-9-6-5-7-10-18;/h5-7,9-10H,3-4,8,11-17H2,1-2H3,(H,21,22);1H. The fourth-order valence-corrected chi connectivity index (χ4v) is 4.52. The molecule has 0 aliphatic carbocycles. The van der Waals surface area contributed by atoms with Gasteiger partial charge in [-0.25, -0.2) is 13.2 Å². The van der Waals surface area contributed by atoms with E-state index in [1.807, 2.05) is 37.3 Å². The molecular weight excluding hydrogens is 519 g/mol. The maximum Gasteiger partial charge on any atom is 0.409 e. The number of ether oxygens (including phenoxy) is 1. The first-order valence-corrected chi connectivity index (χ1v) is 12.0. The first-order valence-electron chi connectivity index (χ1n) is 10.1. The minimum Gasteiger partial charge on any atom is -0.450 e. The smallest absolute Gasteiger partial charge is 0.409 e. The Balaban J connectivity index is 0.00000450. The van der Waals surface area contributed by atoms with Crippen LogP contribution in [0.5, 0.6) is 0 Å². The van der Waals surface area contributed by atoms with Gasteiger partial charge in [-0.05, 0) is 25.8 Å². The van der Waals surface area contributed by atoms with Crippen LogP contribution in [0.2, 0.25) is 0 Å². The number of hydrogen-bond donors (Lipinski definition) is 1. The summed E-state index contributed by atoms with van der Waals surface area (Å²) in [6, 6.07) is 9.22. The largest absolute Gasteiger partial charge is 0.450 e. The Kier molecular flexibility index (Phi) is 12.1. The number of halogens is 1. The molecule has 2 rings (SSSR count). The van der Waals surface area contributed by atoms with Gasteiger partial charge in [-0.3, -0.25) is 4.99 Å². The van der Waals surface area contributed by atoms with E-state index in [-0.39, 0.29) is 41.6 Å². The summed E-state index contributed by atoms with van der Waals surface area (Å²) in [7, 11) is -3.15. The Morgan fingerprint density at radius 1 is 1.10 bits per heavy atom. The molecule has 0 unspecified atom stereocenters. The highest BCUT2D eigenvalue weighted by Gasteiger charge is 2.23. The number of amides is 1. The van der Waals surface area contributed by atoms with E-state index >= 15 is 0 Å². The van der Waals surface area contributed by atoms with Gasteiger partial charge in [0.1, 0.15) is 0 Å². The lowest BCUT2D eigenvalue weighted by Gasteiger charge is -2.35. The van der Waals surface area contributed by atoms with E-state index < -0.39 is 9.84 Å². The summed E-state index contributed by atoms with van der Waals surface area (Å²) in [4.78, 5) is 20.2. The number of sulfone groups is 1. The van der Waals surface area contributed by atoms with Crippen LogP contribution in [0.1, 0.15) is 25.8 Å². The van der Waals surface area contributed by atoms with Gasteiger partial charge in [0, 0.05) is 39.3 Å². The molecule has 0 atom stereocenters. The maximum atomic E-state index is 12.3. The van der Waals surface area contributed by atoms with Crippen molar-refractivity contribution in [1.29, 1.82) is 0 Å². The van der Waals surface area contributed by atoms with Gasteiger partial charge >= 0.3 is 6.09 Å². The lowest BCUT2D eigenvalue weighted by Crippen LogP contribution is -2.53. The van der Waals surface area contributed by atoms with Crippen molar-refractivity contribution in [3.05, 3.63) is 35.9 Å². The van der Waals surface area contributed by atoms with Crippen molar-refractivity contribution in [2.45, 2.75) is 26.0 Å². The van der Waals surface area contributed by atoms with E-state index in [1.54, 1.807) is 11.8 Å². The van der Waals surface area contributed by atoms with Crippen LogP contribution in [0.4, 0.5) is 4.79 Å². The fraction of sp³-hybridized carbons (Fsp3) is 0.600. The molecule has 1 aromatic rings. The summed E-state index contributed by atoms with van der Waals surface area (Å²) in [5.41, 5.74) is 0.809. The van der Waals surface area contributed by atoms with Crippen molar-refractivity contribution < 1.29 is 17.9 Å². The molecule has 1 fully saturated rings. The summed E-state index contributed by atoms with van der Waals surface area (Å²) in [5.74, 6) is 0.936. The molecular formula is C20H33IN4O4S. The van der Waals surface area contributed by atoms with Crippen molar-refractivity contribution in [1.82, 2.24) is 15.1 Å².